The third-order valence-electron chi connectivity index (χ3n) is 16.4. The van der Waals surface area contributed by atoms with E-state index in [1.54, 1.807) is 44.4 Å². The van der Waals surface area contributed by atoms with Gasteiger partial charge in [0.05, 0.1) is 141 Å². The molecule has 9 N–H and O–H groups in total. The number of nitrogens with two attached hydrogens (primary N) is 2. The Hall–Kier alpha value is -7.76. The van der Waals surface area contributed by atoms with E-state index in [0.29, 0.717) is 75.7 Å². The number of benzene rings is 2. The van der Waals surface area contributed by atoms with Gasteiger partial charge in [0.2, 0.25) is 11.8 Å². The average Bonchev–Trinajstić information content (AvgIpc) is 1.62. The number of nitrogens with one attached hydrogen (secondary N) is 5. The maximum Gasteiger partial charge on any atom is 0.407 e. The molecule has 98 heavy (non-hydrogen) atoms. The van der Waals surface area contributed by atoms with E-state index in [4.69, 9.17) is 62.5 Å². The van der Waals surface area contributed by atoms with Gasteiger partial charge >= 0.3 is 28.4 Å². The highest BCUT2D eigenvalue weighted by atomic mass is 32.2. The lowest BCUT2D eigenvalue weighted by Gasteiger charge is -2.24. The molecule has 6 amide bonds. The van der Waals surface area contributed by atoms with Gasteiger partial charge in [-0.3, -0.25) is 23.4 Å². The van der Waals surface area contributed by atoms with Crippen LogP contribution in [0.2, 0.25) is 0 Å². The second-order valence-electron chi connectivity index (χ2n) is 24.0. The van der Waals surface area contributed by atoms with E-state index in [9.17, 15) is 42.0 Å². The zero-order chi connectivity index (χ0) is 70.1. The number of rotatable bonds is 48. The summed E-state index contributed by atoms with van der Waals surface area (Å²) in [6.07, 6.45) is 6.69. The lowest BCUT2D eigenvalue weighted by Crippen LogP contribution is -2.45. The Morgan fingerprint density at radius 3 is 2.05 bits per heavy atom. The number of Topliss-reactive ketones (excluding diaryl/α,β-unsaturated/α-hetero) is 1. The van der Waals surface area contributed by atoms with Crippen LogP contribution in [0.5, 0.6) is 0 Å². The van der Waals surface area contributed by atoms with Crippen LogP contribution in [0.1, 0.15) is 107 Å². The molecule has 2 aliphatic carbocycles. The lowest BCUT2D eigenvalue weighted by atomic mass is 9.89. The number of amides is 6. The number of aromatic nitrogens is 3. The summed E-state index contributed by atoms with van der Waals surface area (Å²) in [6.45, 7) is 11.2. The number of alkyl carbamates (subject to hydrolysis) is 1. The lowest BCUT2D eigenvalue weighted by molar-refractivity contribution is -0.187. The van der Waals surface area contributed by atoms with Crippen molar-refractivity contribution in [1.82, 2.24) is 35.5 Å². The number of fused-ring (bicyclic) bond motifs is 2. The van der Waals surface area contributed by atoms with Gasteiger partial charge in [0.1, 0.15) is 24.4 Å². The van der Waals surface area contributed by atoms with Crippen LogP contribution in [-0.2, 0) is 99.0 Å². The fourth-order valence-electron chi connectivity index (χ4n) is 11.3. The van der Waals surface area contributed by atoms with Gasteiger partial charge in [-0.05, 0) is 85.8 Å². The van der Waals surface area contributed by atoms with E-state index in [0.717, 1.165) is 34.8 Å². The number of carbonyl (C=O) groups is 7. The number of hydroxylamine groups is 2. The van der Waals surface area contributed by atoms with E-state index >= 15 is 0 Å². The third-order valence-corrected chi connectivity index (χ3v) is 16.8. The van der Waals surface area contributed by atoms with Gasteiger partial charge in [-0.15, -0.1) is 5.06 Å². The number of ether oxygens (including phenoxy) is 9. The standard InChI is InChI=1S/C66H95N11O20S/c1-45(2)61(75-58(79)19-24-87-27-30-90-33-35-92-36-34-91-31-28-88-25-20-60(81)97-77-46(3)10-17-59(77)80)56(78)40-49(8-6-21-69-65(67)83)64(82)73-51-14-11-47(12-15-51)42-95-66(84)70-22-26-89-29-32-93-37-38-94-57-41-52(39-50(57)43-96-98(68,85)86)76-23-18-54-62(71-44-72-63(54)76)74-55-16-13-48-7-4-5-9-53(48)55/h4-5,7,9,11-12,14-15,18,23,44-45,49-50,52,55,57,61H,3,6,8,10,13,16-17,19-22,24-43H2,1-2H3,(H,70,84)(H,73,82)(H,75,79)(H3,67,69,83)(H2,68,85,86)(H,71,72,74)/t49-,50-,52+,55-,57-,61+/m0/s1. The summed E-state index contributed by atoms with van der Waals surface area (Å²) in [5.41, 5.74) is 10.1. The highest BCUT2D eigenvalue weighted by molar-refractivity contribution is 7.84. The van der Waals surface area contributed by atoms with E-state index < -0.39 is 52.2 Å². The van der Waals surface area contributed by atoms with Crippen LogP contribution < -0.4 is 37.5 Å². The van der Waals surface area contributed by atoms with E-state index in [2.05, 4.69) is 65.9 Å². The summed E-state index contributed by atoms with van der Waals surface area (Å²) in [5, 5.41) is 21.4. The van der Waals surface area contributed by atoms with Crippen LogP contribution in [0.25, 0.3) is 11.0 Å². The molecule has 0 spiro atoms. The number of carbonyl (C=O) groups excluding carboxylic acids is 7. The fraction of sp³-hybridized carbons (Fsp3) is 0.591. The van der Waals surface area contributed by atoms with E-state index in [1.165, 1.54) is 11.1 Å². The minimum absolute atomic E-state index is 0.0167. The molecule has 0 unspecified atom stereocenters. The minimum atomic E-state index is -4.17. The van der Waals surface area contributed by atoms with Gasteiger partial charge in [-0.25, -0.2) is 29.5 Å². The molecule has 3 aliphatic rings. The highest BCUT2D eigenvalue weighted by Crippen LogP contribution is 2.41. The van der Waals surface area contributed by atoms with Crippen LogP contribution in [0.15, 0.2) is 79.4 Å². The maximum atomic E-state index is 13.8. The number of urea groups is 1. The highest BCUT2D eigenvalue weighted by Gasteiger charge is 2.38. The summed E-state index contributed by atoms with van der Waals surface area (Å²) in [6, 6.07) is 15.5. The molecule has 2 fully saturated rings. The quantitative estimate of drug-likeness (QED) is 0.0297. The first-order valence-corrected chi connectivity index (χ1v) is 34.6. The van der Waals surface area contributed by atoms with Gasteiger partial charge in [-0.1, -0.05) is 56.8 Å². The zero-order valence-corrected chi connectivity index (χ0v) is 56.6. The van der Waals surface area contributed by atoms with Crippen molar-refractivity contribution in [3.63, 3.8) is 0 Å². The molecule has 2 aromatic heterocycles. The summed E-state index contributed by atoms with van der Waals surface area (Å²) in [5.74, 6) is -2.72. The number of ketones is 1. The van der Waals surface area contributed by atoms with Crippen molar-refractivity contribution < 1.29 is 93.6 Å². The first-order chi connectivity index (χ1) is 47.3. The van der Waals surface area contributed by atoms with Crippen molar-refractivity contribution in [2.45, 2.75) is 115 Å². The monoisotopic (exact) mass is 1390 g/mol. The zero-order valence-electron chi connectivity index (χ0n) is 55.8. The average molecular weight is 1390 g/mol. The molecule has 540 valence electrons. The number of hydrogen-bond donors (Lipinski definition) is 7. The Morgan fingerprint density at radius 1 is 0.745 bits per heavy atom. The second-order valence-corrected chi connectivity index (χ2v) is 25.2. The first kappa shape index (κ1) is 77.6. The predicted molar refractivity (Wildman–Crippen MR) is 355 cm³/mol. The summed E-state index contributed by atoms with van der Waals surface area (Å²) < 4.78 is 81.1. The third kappa shape index (κ3) is 27.2. The maximum absolute atomic E-state index is 13.8. The van der Waals surface area contributed by atoms with Crippen molar-refractivity contribution in [1.29, 1.82) is 0 Å². The molecule has 1 saturated carbocycles. The molecule has 2 aromatic carbocycles. The van der Waals surface area contributed by atoms with Crippen molar-refractivity contribution in [2.24, 2.45) is 28.6 Å². The normalized spacial score (nSPS) is 17.4. The minimum Gasteiger partial charge on any atom is -0.445 e. The van der Waals surface area contributed by atoms with Crippen molar-refractivity contribution in [3.8, 4) is 0 Å². The summed E-state index contributed by atoms with van der Waals surface area (Å²) in [7, 11) is -4.17. The second kappa shape index (κ2) is 41.6. The van der Waals surface area contributed by atoms with Crippen LogP contribution in [0.3, 0.4) is 0 Å². The molecule has 1 saturated heterocycles. The van der Waals surface area contributed by atoms with Crippen LogP contribution in [0.4, 0.5) is 21.1 Å². The van der Waals surface area contributed by atoms with Crippen LogP contribution in [-0.4, -0.2) is 201 Å². The molecule has 32 heteroatoms. The molecule has 31 nitrogen and oxygen atoms in total. The van der Waals surface area contributed by atoms with E-state index in [-0.39, 0.29) is 166 Å². The molecule has 6 atom stereocenters. The Kier molecular flexibility index (Phi) is 32.9. The fourth-order valence-corrected chi connectivity index (χ4v) is 11.7. The van der Waals surface area contributed by atoms with Crippen molar-refractivity contribution >= 4 is 74.4 Å². The smallest absolute Gasteiger partial charge is 0.407 e. The number of hydrogen-bond acceptors (Lipinski definition) is 23. The Balaban J connectivity index is 0.710. The number of aryl methyl sites for hydroxylation is 1. The molecular formula is C66H95N11O20S. The van der Waals surface area contributed by atoms with Gasteiger partial charge in [0.25, 0.3) is 5.91 Å². The Labute approximate surface area is 570 Å². The molecule has 3 heterocycles. The number of allylic oxidation sites excluding steroid dienone is 1. The van der Waals surface area contributed by atoms with Gasteiger partial charge < -0.3 is 84.4 Å². The Morgan fingerprint density at radius 2 is 1.40 bits per heavy atom. The van der Waals surface area contributed by atoms with Crippen molar-refractivity contribution in [2.75, 3.05) is 129 Å². The molecular weight excluding hydrogens is 1300 g/mol. The van der Waals surface area contributed by atoms with Crippen LogP contribution >= 0.6 is 0 Å². The summed E-state index contributed by atoms with van der Waals surface area (Å²) >= 11 is 0. The number of nitrogens with zero attached hydrogens (tertiary/aromatic N) is 4. The topological polar surface area (TPSA) is 401 Å². The molecule has 0 radical (unpaired) electrons. The molecule has 7 rings (SSSR count). The van der Waals surface area contributed by atoms with Gasteiger partial charge in [0, 0.05) is 62.1 Å². The predicted octanol–water partition coefficient (Wildman–Crippen LogP) is 4.61. The van der Waals surface area contributed by atoms with Crippen molar-refractivity contribution in [3.05, 3.63) is 96.1 Å². The molecule has 0 bridgehead atoms. The van der Waals surface area contributed by atoms with Gasteiger partial charge in [-0.2, -0.15) is 8.42 Å². The molecule has 4 aromatic rings. The van der Waals surface area contributed by atoms with Gasteiger partial charge in [0.15, 0.2) is 5.78 Å². The van der Waals surface area contributed by atoms with E-state index in [1.807, 2.05) is 18.3 Å². The molecule has 1 aliphatic heterocycles. The largest absolute Gasteiger partial charge is 0.445 e. The number of anilines is 2. The van der Waals surface area contributed by atoms with Crippen LogP contribution in [0, 0.1) is 17.8 Å². The Bertz CT molecular complexity index is 3310. The number of primary amides is 1. The SMILES string of the molecule is C=C1CCC(=O)N1OC(=O)CCOCCOCCOCCOCCOCCC(=O)N[C@@H](C(=O)C[C@H](CCCNC(N)=O)C(=O)Nc1ccc(COC(=O)NCCOCCOCCO[C@H]2C[C@H](n3ccc4c(N[C@H]5CCc6ccccc65)ncnc43)C[C@H]2COS(N)(=O)=O)cc1)C(C)C. The summed E-state index contributed by atoms with van der Waals surface area (Å²) in [4.78, 5) is 102. The first-order valence-electron chi connectivity index (χ1n) is 33.2.